The molecule has 1 aromatic heterocycles. The highest BCUT2D eigenvalue weighted by molar-refractivity contribution is 7.92. The lowest BCUT2D eigenvalue weighted by Crippen LogP contribution is -2.29. The molecule has 0 aliphatic carbocycles. The van der Waals surface area contributed by atoms with Gasteiger partial charge in [-0.2, -0.15) is 0 Å². The molecule has 0 saturated carbocycles. The number of anilines is 1. The Morgan fingerprint density at radius 1 is 1.07 bits per heavy atom. The summed E-state index contributed by atoms with van der Waals surface area (Å²) in [5.74, 6) is -0.237. The molecule has 1 fully saturated rings. The Morgan fingerprint density at radius 2 is 1.67 bits per heavy atom. The Bertz CT molecular complexity index is 985. The molecule has 3 rings (SSSR count). The van der Waals surface area contributed by atoms with Crippen LogP contribution >= 0.6 is 0 Å². The van der Waals surface area contributed by atoms with E-state index in [1.54, 1.807) is 47.7 Å². The smallest absolute Gasteiger partial charge is 0.270 e. The predicted octanol–water partition coefficient (Wildman–Crippen LogP) is 2.57. The van der Waals surface area contributed by atoms with Crippen LogP contribution in [0.4, 0.5) is 5.69 Å². The number of nitrogens with one attached hydrogen (secondary N) is 1. The lowest BCUT2D eigenvalue weighted by atomic mass is 10.1. The summed E-state index contributed by atoms with van der Waals surface area (Å²) in [5, 5.41) is 0. The number of nitrogens with zero attached hydrogens (tertiary/aromatic N) is 2. The molecule has 8 heteroatoms. The fourth-order valence-electron chi connectivity index (χ4n) is 3.21. The minimum Gasteiger partial charge on any atom is -0.343 e. The van der Waals surface area contributed by atoms with Crippen molar-refractivity contribution in [3.05, 3.63) is 47.3 Å². The van der Waals surface area contributed by atoms with Gasteiger partial charge in [0.25, 0.3) is 15.9 Å². The molecule has 0 unspecified atom stereocenters. The number of amides is 1. The molecule has 1 amide bonds. The number of likely N-dealkylation sites (tertiary alicyclic amines) is 1. The second-order valence-corrected chi connectivity index (χ2v) is 8.43. The van der Waals surface area contributed by atoms with Crippen molar-refractivity contribution < 1.29 is 18.0 Å². The molecular weight excluding hydrogens is 366 g/mol. The van der Waals surface area contributed by atoms with Crippen LogP contribution in [0, 0.1) is 6.92 Å². The first kappa shape index (κ1) is 19.2. The van der Waals surface area contributed by atoms with E-state index in [-0.39, 0.29) is 16.6 Å². The van der Waals surface area contributed by atoms with Crippen LogP contribution in [-0.2, 0) is 17.1 Å². The van der Waals surface area contributed by atoms with Crippen molar-refractivity contribution >= 4 is 27.4 Å². The summed E-state index contributed by atoms with van der Waals surface area (Å²) in [6.45, 7) is 4.53. The average molecular weight is 389 g/mol. The second kappa shape index (κ2) is 7.19. The Morgan fingerprint density at radius 3 is 2.22 bits per heavy atom. The lowest BCUT2D eigenvalue weighted by Gasteiger charge is -2.15. The fraction of sp³-hybridized carbons (Fsp3) is 0.368. The van der Waals surface area contributed by atoms with Crippen molar-refractivity contribution in [2.75, 3.05) is 17.8 Å². The van der Waals surface area contributed by atoms with Gasteiger partial charge in [-0.1, -0.05) is 0 Å². The molecule has 1 aromatic carbocycles. The molecule has 1 aliphatic rings. The van der Waals surface area contributed by atoms with E-state index >= 15 is 0 Å². The summed E-state index contributed by atoms with van der Waals surface area (Å²) in [7, 11) is -2.17. The summed E-state index contributed by atoms with van der Waals surface area (Å²) in [4.78, 5) is 25.8. The first-order valence-electron chi connectivity index (χ1n) is 8.80. The van der Waals surface area contributed by atoms with Crippen molar-refractivity contribution in [2.24, 2.45) is 7.05 Å². The molecule has 0 radical (unpaired) electrons. The van der Waals surface area contributed by atoms with Gasteiger partial charge in [-0.05, 0) is 57.0 Å². The normalized spacial score (nSPS) is 14.4. The van der Waals surface area contributed by atoms with Crippen LogP contribution in [0.2, 0.25) is 0 Å². The quantitative estimate of drug-likeness (QED) is 0.796. The van der Waals surface area contributed by atoms with E-state index < -0.39 is 10.0 Å². The molecular formula is C19H23N3O4S. The molecule has 1 aliphatic heterocycles. The number of benzene rings is 1. The van der Waals surface area contributed by atoms with Crippen LogP contribution in [0.1, 0.15) is 46.3 Å². The number of aromatic nitrogens is 1. The number of hydrogen-bond donors (Lipinski definition) is 1. The van der Waals surface area contributed by atoms with Crippen molar-refractivity contribution in [1.82, 2.24) is 9.47 Å². The van der Waals surface area contributed by atoms with Crippen molar-refractivity contribution in [3.8, 4) is 0 Å². The zero-order chi connectivity index (χ0) is 19.8. The van der Waals surface area contributed by atoms with E-state index in [2.05, 4.69) is 4.72 Å². The molecule has 1 saturated heterocycles. The standard InChI is InChI=1S/C19H23N3O4S/c1-13-18(12-17(21(13)3)19(24)22-10-4-5-11-22)27(25,26)20-16-8-6-15(7-9-16)14(2)23/h6-9,12,20H,4-5,10-11H2,1-3H3. The highest BCUT2D eigenvalue weighted by atomic mass is 32.2. The minimum atomic E-state index is -3.86. The zero-order valence-corrected chi connectivity index (χ0v) is 16.5. The summed E-state index contributed by atoms with van der Waals surface area (Å²) in [5.41, 5.74) is 1.72. The molecule has 7 nitrogen and oxygen atoms in total. The van der Waals surface area contributed by atoms with Gasteiger partial charge in [-0.15, -0.1) is 0 Å². The number of rotatable bonds is 5. The Hall–Kier alpha value is -2.61. The molecule has 2 heterocycles. The number of ketones is 1. The van der Waals surface area contributed by atoms with E-state index in [0.29, 0.717) is 35.7 Å². The van der Waals surface area contributed by atoms with E-state index in [9.17, 15) is 18.0 Å². The average Bonchev–Trinajstić information content (AvgIpc) is 3.24. The van der Waals surface area contributed by atoms with Crippen molar-refractivity contribution in [3.63, 3.8) is 0 Å². The van der Waals surface area contributed by atoms with Gasteiger partial charge < -0.3 is 9.47 Å². The number of Topliss-reactive ketones (excluding diaryl/α,β-unsaturated/α-hetero) is 1. The van der Waals surface area contributed by atoms with Gasteiger partial charge in [0, 0.05) is 37.1 Å². The largest absolute Gasteiger partial charge is 0.343 e. The third-order valence-corrected chi connectivity index (χ3v) is 6.43. The Labute approximate surface area is 159 Å². The Kier molecular flexibility index (Phi) is 5.10. The van der Waals surface area contributed by atoms with Gasteiger partial charge in [-0.3, -0.25) is 14.3 Å². The summed E-state index contributed by atoms with van der Waals surface area (Å²) < 4.78 is 29.8. The van der Waals surface area contributed by atoms with Gasteiger partial charge in [-0.25, -0.2) is 8.42 Å². The molecule has 1 N–H and O–H groups in total. The maximum absolute atomic E-state index is 12.8. The molecule has 27 heavy (non-hydrogen) atoms. The molecule has 0 atom stereocenters. The lowest BCUT2D eigenvalue weighted by molar-refractivity contribution is 0.0783. The fourth-order valence-corrected chi connectivity index (χ4v) is 4.56. The van der Waals surface area contributed by atoms with Crippen LogP contribution < -0.4 is 4.72 Å². The number of carbonyl (C=O) groups is 2. The third kappa shape index (κ3) is 3.75. The molecule has 0 spiro atoms. The zero-order valence-electron chi connectivity index (χ0n) is 15.7. The predicted molar refractivity (Wildman–Crippen MR) is 103 cm³/mol. The number of sulfonamides is 1. The minimum absolute atomic E-state index is 0.0724. The maximum atomic E-state index is 12.8. The van der Waals surface area contributed by atoms with Gasteiger partial charge in [0.05, 0.1) is 0 Å². The van der Waals surface area contributed by atoms with Crippen LogP contribution in [0.5, 0.6) is 0 Å². The number of hydrogen-bond acceptors (Lipinski definition) is 4. The second-order valence-electron chi connectivity index (χ2n) is 6.78. The SMILES string of the molecule is CC(=O)c1ccc(NS(=O)(=O)c2cc(C(=O)N3CCCC3)n(C)c2C)cc1. The van der Waals surface area contributed by atoms with Gasteiger partial charge >= 0.3 is 0 Å². The summed E-state index contributed by atoms with van der Waals surface area (Å²) >= 11 is 0. The maximum Gasteiger partial charge on any atom is 0.270 e. The molecule has 144 valence electrons. The van der Waals surface area contributed by atoms with Crippen molar-refractivity contribution in [2.45, 2.75) is 31.6 Å². The number of carbonyl (C=O) groups excluding carboxylic acids is 2. The highest BCUT2D eigenvalue weighted by Gasteiger charge is 2.28. The van der Waals surface area contributed by atoms with Crippen LogP contribution in [0.25, 0.3) is 0 Å². The van der Waals surface area contributed by atoms with Gasteiger partial charge in [0.2, 0.25) is 0 Å². The molecule has 2 aromatic rings. The molecule has 0 bridgehead atoms. The highest BCUT2D eigenvalue weighted by Crippen LogP contribution is 2.24. The van der Waals surface area contributed by atoms with Gasteiger partial charge in [0.1, 0.15) is 10.6 Å². The van der Waals surface area contributed by atoms with Crippen molar-refractivity contribution in [1.29, 1.82) is 0 Å². The monoisotopic (exact) mass is 389 g/mol. The third-order valence-electron chi connectivity index (χ3n) is 4.93. The van der Waals surface area contributed by atoms with Crippen LogP contribution in [0.3, 0.4) is 0 Å². The van der Waals surface area contributed by atoms with Crippen LogP contribution in [-0.4, -0.2) is 42.7 Å². The summed E-state index contributed by atoms with van der Waals surface area (Å²) in [6.07, 6.45) is 1.94. The van der Waals surface area contributed by atoms with E-state index in [0.717, 1.165) is 12.8 Å². The van der Waals surface area contributed by atoms with Crippen LogP contribution in [0.15, 0.2) is 35.2 Å². The van der Waals surface area contributed by atoms with E-state index in [1.165, 1.54) is 13.0 Å². The first-order valence-corrected chi connectivity index (χ1v) is 10.3. The topological polar surface area (TPSA) is 88.5 Å². The summed E-state index contributed by atoms with van der Waals surface area (Å²) in [6, 6.07) is 7.66. The first-order chi connectivity index (χ1) is 12.7. The van der Waals surface area contributed by atoms with E-state index in [1.807, 2.05) is 0 Å². The Balaban J connectivity index is 1.89. The van der Waals surface area contributed by atoms with Gasteiger partial charge in [0.15, 0.2) is 5.78 Å². The van der Waals surface area contributed by atoms with E-state index in [4.69, 9.17) is 0 Å².